The van der Waals surface area contributed by atoms with Gasteiger partial charge in [-0.1, -0.05) is 48.5 Å². The van der Waals surface area contributed by atoms with Crippen LogP contribution in [0.5, 0.6) is 0 Å². The maximum Gasteiger partial charge on any atom is 0.411 e. The highest BCUT2D eigenvalue weighted by molar-refractivity contribution is 5.99. The van der Waals surface area contributed by atoms with E-state index in [4.69, 9.17) is 4.74 Å². The second-order valence-corrected chi connectivity index (χ2v) is 10.5. The molecule has 3 aromatic rings. The fraction of sp³-hybridized carbons (Fsp3) is 0.375. The van der Waals surface area contributed by atoms with Gasteiger partial charge in [-0.3, -0.25) is 10.1 Å². The summed E-state index contributed by atoms with van der Waals surface area (Å²) in [7, 11) is 0. The fourth-order valence-corrected chi connectivity index (χ4v) is 5.07. The summed E-state index contributed by atoms with van der Waals surface area (Å²) in [6.07, 6.45) is 3.55. The lowest BCUT2D eigenvalue weighted by molar-refractivity contribution is 0.0593. The Kier molecular flexibility index (Phi) is 8.91. The number of piperidine rings is 1. The maximum atomic E-state index is 12.7. The average molecular weight is 527 g/mol. The molecule has 1 saturated heterocycles. The first kappa shape index (κ1) is 26.9. The van der Waals surface area contributed by atoms with Crippen LogP contribution in [0, 0.1) is 6.92 Å². The standard InChI is InChI=1S/C32H38N4O3/c1-23-21-26(34-25-11-12-25)13-14-28(23)31(37)22-33-17-20-36-18-15-27(16-19-36)39-32(38)35-30-10-6-5-9-29(30)24-7-3-2-4-8-24/h2-10,13-14,21,25,27,33-34H,11-12,15-20,22H2,1H3,(H,35,38). The predicted molar refractivity (Wildman–Crippen MR) is 156 cm³/mol. The summed E-state index contributed by atoms with van der Waals surface area (Å²) in [5.41, 5.74) is 5.66. The first-order valence-corrected chi connectivity index (χ1v) is 14.0. The summed E-state index contributed by atoms with van der Waals surface area (Å²) < 4.78 is 5.74. The molecule has 7 nitrogen and oxygen atoms in total. The lowest BCUT2D eigenvalue weighted by atomic mass is 10.0. The number of anilines is 2. The van der Waals surface area contributed by atoms with Gasteiger partial charge >= 0.3 is 6.09 Å². The van der Waals surface area contributed by atoms with E-state index in [-0.39, 0.29) is 11.9 Å². The second-order valence-electron chi connectivity index (χ2n) is 10.5. The zero-order valence-electron chi connectivity index (χ0n) is 22.6. The number of amides is 1. The first-order valence-electron chi connectivity index (χ1n) is 14.0. The molecule has 204 valence electrons. The Hall–Kier alpha value is -3.68. The van der Waals surface area contributed by atoms with Crippen LogP contribution in [0.4, 0.5) is 16.2 Å². The summed E-state index contributed by atoms with van der Waals surface area (Å²) in [6.45, 7) is 5.67. The van der Waals surface area contributed by atoms with Crippen LogP contribution in [0.15, 0.2) is 72.8 Å². The van der Waals surface area contributed by atoms with E-state index in [1.165, 1.54) is 12.8 Å². The van der Waals surface area contributed by atoms with E-state index >= 15 is 0 Å². The zero-order chi connectivity index (χ0) is 27.0. The van der Waals surface area contributed by atoms with Gasteiger partial charge in [0.05, 0.1) is 12.2 Å². The summed E-state index contributed by atoms with van der Waals surface area (Å²) in [6, 6.07) is 24.4. The number of hydrogen-bond acceptors (Lipinski definition) is 6. The molecule has 0 aromatic heterocycles. The number of Topliss-reactive ketones (excluding diaryl/α,β-unsaturated/α-hetero) is 1. The molecule has 2 fully saturated rings. The summed E-state index contributed by atoms with van der Waals surface area (Å²) >= 11 is 0. The first-order chi connectivity index (χ1) is 19.0. The van der Waals surface area contributed by atoms with Crippen LogP contribution in [0.1, 0.15) is 41.6 Å². The van der Waals surface area contributed by atoms with E-state index in [1.54, 1.807) is 0 Å². The van der Waals surface area contributed by atoms with Crippen molar-refractivity contribution in [3.05, 3.63) is 83.9 Å². The van der Waals surface area contributed by atoms with Crippen LogP contribution in [0.3, 0.4) is 0 Å². The van der Waals surface area contributed by atoms with Crippen molar-refractivity contribution < 1.29 is 14.3 Å². The molecule has 0 atom stereocenters. The highest BCUT2D eigenvalue weighted by Gasteiger charge is 2.23. The van der Waals surface area contributed by atoms with E-state index in [0.717, 1.165) is 72.6 Å². The predicted octanol–water partition coefficient (Wildman–Crippen LogP) is 5.72. The maximum absolute atomic E-state index is 12.7. The van der Waals surface area contributed by atoms with Crippen LogP contribution >= 0.6 is 0 Å². The van der Waals surface area contributed by atoms with E-state index < -0.39 is 6.09 Å². The van der Waals surface area contributed by atoms with Crippen molar-refractivity contribution in [3.63, 3.8) is 0 Å². The molecule has 1 amide bonds. The van der Waals surface area contributed by atoms with Crippen LogP contribution in [0.25, 0.3) is 11.1 Å². The van der Waals surface area contributed by atoms with Crippen molar-refractivity contribution in [2.24, 2.45) is 0 Å². The van der Waals surface area contributed by atoms with E-state index in [2.05, 4.69) is 26.9 Å². The zero-order valence-corrected chi connectivity index (χ0v) is 22.6. The highest BCUT2D eigenvalue weighted by Crippen LogP contribution is 2.28. The van der Waals surface area contributed by atoms with Gasteiger partial charge in [0.1, 0.15) is 6.10 Å². The highest BCUT2D eigenvalue weighted by atomic mass is 16.6. The molecule has 0 spiro atoms. The van der Waals surface area contributed by atoms with Gasteiger partial charge in [-0.15, -0.1) is 0 Å². The Bertz CT molecular complexity index is 1270. The number of hydrogen-bond donors (Lipinski definition) is 3. The number of carbonyl (C=O) groups excluding carboxylic acids is 2. The number of likely N-dealkylation sites (tertiary alicyclic amines) is 1. The normalized spacial score (nSPS) is 16.0. The third kappa shape index (κ3) is 7.68. The number of aryl methyl sites for hydroxylation is 1. The Morgan fingerprint density at radius 3 is 2.41 bits per heavy atom. The van der Waals surface area contributed by atoms with E-state index in [0.29, 0.717) is 12.6 Å². The van der Waals surface area contributed by atoms with Gasteiger partial charge in [0, 0.05) is 49.0 Å². The number of para-hydroxylation sites is 1. The van der Waals surface area contributed by atoms with Gasteiger partial charge in [-0.25, -0.2) is 4.79 Å². The molecule has 2 aliphatic rings. The van der Waals surface area contributed by atoms with Crippen molar-refractivity contribution in [1.29, 1.82) is 0 Å². The minimum Gasteiger partial charge on any atom is -0.446 e. The molecule has 1 aliphatic carbocycles. The lowest BCUT2D eigenvalue weighted by Gasteiger charge is -2.31. The van der Waals surface area contributed by atoms with Crippen molar-refractivity contribution in [1.82, 2.24) is 10.2 Å². The van der Waals surface area contributed by atoms with Crippen molar-refractivity contribution in [3.8, 4) is 11.1 Å². The topological polar surface area (TPSA) is 82.7 Å². The van der Waals surface area contributed by atoms with E-state index in [9.17, 15) is 9.59 Å². The minimum atomic E-state index is -0.413. The van der Waals surface area contributed by atoms with Crippen LogP contribution in [-0.2, 0) is 4.74 Å². The Balaban J connectivity index is 0.999. The second kappa shape index (κ2) is 12.9. The van der Waals surface area contributed by atoms with Gasteiger partial charge in [0.25, 0.3) is 0 Å². The molecule has 0 unspecified atom stereocenters. The molecule has 1 aliphatic heterocycles. The lowest BCUT2D eigenvalue weighted by Crippen LogP contribution is -2.42. The van der Waals surface area contributed by atoms with Crippen molar-refractivity contribution in [2.45, 2.75) is 44.8 Å². The number of rotatable bonds is 11. The number of nitrogens with one attached hydrogen (secondary N) is 3. The number of benzene rings is 3. The molecule has 39 heavy (non-hydrogen) atoms. The summed E-state index contributed by atoms with van der Waals surface area (Å²) in [5, 5.41) is 9.71. The van der Waals surface area contributed by atoms with Gasteiger partial charge in [0.2, 0.25) is 0 Å². The molecule has 3 N–H and O–H groups in total. The molecule has 1 heterocycles. The van der Waals surface area contributed by atoms with Gasteiger partial charge in [-0.05, 0) is 68.0 Å². The van der Waals surface area contributed by atoms with Gasteiger partial charge in [-0.2, -0.15) is 0 Å². The monoisotopic (exact) mass is 526 g/mol. The molecule has 5 rings (SSSR count). The summed E-state index contributed by atoms with van der Waals surface area (Å²) in [4.78, 5) is 27.7. The molecule has 0 radical (unpaired) electrons. The molecular formula is C32H38N4O3. The third-order valence-electron chi connectivity index (χ3n) is 7.42. The van der Waals surface area contributed by atoms with Gasteiger partial charge < -0.3 is 20.3 Å². The van der Waals surface area contributed by atoms with Crippen LogP contribution in [0.2, 0.25) is 0 Å². The number of nitrogens with zero attached hydrogens (tertiary/aromatic N) is 1. The Labute approximate surface area is 230 Å². The summed E-state index contributed by atoms with van der Waals surface area (Å²) in [5.74, 6) is 0.123. The molecular weight excluding hydrogens is 488 g/mol. The smallest absolute Gasteiger partial charge is 0.411 e. The van der Waals surface area contributed by atoms with Crippen LogP contribution in [-0.4, -0.2) is 61.6 Å². The van der Waals surface area contributed by atoms with Crippen molar-refractivity contribution in [2.75, 3.05) is 43.4 Å². The molecule has 3 aromatic carbocycles. The number of carbonyl (C=O) groups is 2. The SMILES string of the molecule is Cc1cc(NC2CC2)ccc1C(=O)CNCCN1CCC(OC(=O)Nc2ccccc2-c2ccccc2)CC1. The number of ether oxygens (including phenoxy) is 1. The quantitative estimate of drug-likeness (QED) is 0.219. The number of ketones is 1. The fourth-order valence-electron chi connectivity index (χ4n) is 5.07. The van der Waals surface area contributed by atoms with E-state index in [1.807, 2.05) is 73.7 Å². The van der Waals surface area contributed by atoms with Crippen molar-refractivity contribution >= 4 is 23.3 Å². The average Bonchev–Trinajstić information content (AvgIpc) is 3.77. The molecule has 0 bridgehead atoms. The van der Waals surface area contributed by atoms with Crippen LogP contribution < -0.4 is 16.0 Å². The Morgan fingerprint density at radius 2 is 1.67 bits per heavy atom. The Morgan fingerprint density at radius 1 is 0.923 bits per heavy atom. The largest absolute Gasteiger partial charge is 0.446 e. The minimum absolute atomic E-state index is 0.0972. The molecule has 1 saturated carbocycles. The molecule has 7 heteroatoms. The third-order valence-corrected chi connectivity index (χ3v) is 7.42. The van der Waals surface area contributed by atoms with Gasteiger partial charge in [0.15, 0.2) is 5.78 Å².